The van der Waals surface area contributed by atoms with Crippen molar-refractivity contribution in [3.05, 3.63) is 53.9 Å². The molecule has 3 rings (SSSR count). The summed E-state index contributed by atoms with van der Waals surface area (Å²) in [5.74, 6) is -0.0839. The highest BCUT2D eigenvalue weighted by Gasteiger charge is 2.26. The summed E-state index contributed by atoms with van der Waals surface area (Å²) in [5, 5.41) is 5.77. The fraction of sp³-hybridized carbons (Fsp3) is 0.294. The summed E-state index contributed by atoms with van der Waals surface area (Å²) in [6, 6.07) is 11.6. The third kappa shape index (κ3) is 3.36. The van der Waals surface area contributed by atoms with Crippen LogP contribution in [0.3, 0.4) is 0 Å². The van der Waals surface area contributed by atoms with E-state index in [1.54, 1.807) is 0 Å². The molecule has 0 aliphatic carbocycles. The number of nitrogens with one attached hydrogen (secondary N) is 3. The largest absolute Gasteiger partial charge is 0.365 e. The van der Waals surface area contributed by atoms with Crippen molar-refractivity contribution in [3.8, 4) is 0 Å². The van der Waals surface area contributed by atoms with Crippen LogP contribution in [0.1, 0.15) is 30.0 Å². The minimum Gasteiger partial charge on any atom is -0.365 e. The highest BCUT2D eigenvalue weighted by Crippen LogP contribution is 2.33. The van der Waals surface area contributed by atoms with E-state index in [0.717, 1.165) is 23.4 Å². The summed E-state index contributed by atoms with van der Waals surface area (Å²) in [4.78, 5) is 27.0. The molecule has 2 heterocycles. The van der Waals surface area contributed by atoms with Gasteiger partial charge in [0.1, 0.15) is 0 Å². The lowest BCUT2D eigenvalue weighted by molar-refractivity contribution is -0.121. The van der Waals surface area contributed by atoms with E-state index in [0.29, 0.717) is 19.4 Å². The van der Waals surface area contributed by atoms with Gasteiger partial charge in [0.05, 0.1) is 0 Å². The van der Waals surface area contributed by atoms with Crippen LogP contribution in [0.5, 0.6) is 0 Å². The fourth-order valence-corrected chi connectivity index (χ4v) is 2.84. The van der Waals surface area contributed by atoms with E-state index in [-0.39, 0.29) is 17.7 Å². The zero-order valence-electron chi connectivity index (χ0n) is 12.3. The normalized spacial score (nSPS) is 16.7. The second-order valence-corrected chi connectivity index (χ2v) is 5.54. The summed E-state index contributed by atoms with van der Waals surface area (Å²) in [7, 11) is 0. The number of amides is 2. The number of H-pyrrole nitrogens is 1. The smallest absolute Gasteiger partial charge is 0.225 e. The Morgan fingerprint density at radius 1 is 1.23 bits per heavy atom. The molecule has 2 aromatic rings. The van der Waals surface area contributed by atoms with E-state index in [4.69, 9.17) is 0 Å². The van der Waals surface area contributed by atoms with Gasteiger partial charge in [0.2, 0.25) is 11.8 Å². The van der Waals surface area contributed by atoms with E-state index in [2.05, 4.69) is 15.6 Å². The topological polar surface area (TPSA) is 74.0 Å². The molecule has 1 atom stereocenters. The number of anilines is 1. The van der Waals surface area contributed by atoms with Crippen LogP contribution in [0, 0.1) is 0 Å². The van der Waals surface area contributed by atoms with Crippen LogP contribution in [0.25, 0.3) is 0 Å². The molecule has 2 amide bonds. The predicted octanol–water partition coefficient (Wildman–Crippen LogP) is 2.19. The maximum Gasteiger partial charge on any atom is 0.225 e. The van der Waals surface area contributed by atoms with Crippen molar-refractivity contribution in [2.45, 2.75) is 25.2 Å². The Kier molecular flexibility index (Phi) is 4.23. The Hall–Kier alpha value is -2.56. The molecule has 1 aliphatic heterocycles. The molecule has 3 N–H and O–H groups in total. The van der Waals surface area contributed by atoms with Gasteiger partial charge >= 0.3 is 0 Å². The molecule has 1 aromatic carbocycles. The van der Waals surface area contributed by atoms with Crippen molar-refractivity contribution >= 4 is 17.5 Å². The number of benzene rings is 1. The van der Waals surface area contributed by atoms with Gasteiger partial charge in [-0.3, -0.25) is 9.59 Å². The monoisotopic (exact) mass is 297 g/mol. The number of aromatic amines is 1. The molecule has 114 valence electrons. The van der Waals surface area contributed by atoms with E-state index in [1.807, 2.05) is 42.6 Å². The van der Waals surface area contributed by atoms with Gasteiger partial charge in [0.15, 0.2) is 0 Å². The Labute approximate surface area is 129 Å². The first-order valence-electron chi connectivity index (χ1n) is 7.50. The lowest BCUT2D eigenvalue weighted by atomic mass is 9.88. The summed E-state index contributed by atoms with van der Waals surface area (Å²) in [5.41, 5.74) is 2.97. The summed E-state index contributed by atoms with van der Waals surface area (Å²) in [6.07, 6.45) is 3.35. The Morgan fingerprint density at radius 2 is 2.09 bits per heavy atom. The van der Waals surface area contributed by atoms with E-state index in [1.165, 1.54) is 0 Å². The van der Waals surface area contributed by atoms with Crippen LogP contribution >= 0.6 is 0 Å². The second kappa shape index (κ2) is 6.47. The average molecular weight is 297 g/mol. The number of carbonyl (C=O) groups excluding carboxylic acids is 2. The van der Waals surface area contributed by atoms with E-state index in [9.17, 15) is 9.59 Å². The molecule has 1 unspecified atom stereocenters. The number of aromatic nitrogens is 1. The zero-order chi connectivity index (χ0) is 15.4. The standard InChI is InChI=1S/C17H19N3O2/c21-16(19-9-7-13-4-3-8-18-13)10-12-11-17(22)20-15-6-2-1-5-14(12)15/h1-6,8,12,18H,7,9-11H2,(H,19,21)(H,20,22). The number of fused-ring (bicyclic) bond motifs is 1. The molecular weight excluding hydrogens is 278 g/mol. The van der Waals surface area contributed by atoms with Gasteiger partial charge in [-0.05, 0) is 23.8 Å². The first-order chi connectivity index (χ1) is 10.7. The summed E-state index contributed by atoms with van der Waals surface area (Å²) in [6.45, 7) is 0.597. The lowest BCUT2D eigenvalue weighted by Gasteiger charge is -2.25. The first-order valence-corrected chi connectivity index (χ1v) is 7.50. The van der Waals surface area contributed by atoms with Gasteiger partial charge in [-0.25, -0.2) is 0 Å². The highest BCUT2D eigenvalue weighted by atomic mass is 16.2. The highest BCUT2D eigenvalue weighted by molar-refractivity contribution is 5.95. The predicted molar refractivity (Wildman–Crippen MR) is 84.6 cm³/mol. The Balaban J connectivity index is 1.56. The molecule has 0 bridgehead atoms. The number of hydrogen-bond donors (Lipinski definition) is 3. The minimum absolute atomic E-state index is 0.0129. The third-order valence-electron chi connectivity index (χ3n) is 3.92. The van der Waals surface area contributed by atoms with E-state index >= 15 is 0 Å². The van der Waals surface area contributed by atoms with Crippen molar-refractivity contribution in [3.63, 3.8) is 0 Å². The molecule has 0 spiro atoms. The van der Waals surface area contributed by atoms with Crippen molar-refractivity contribution in [1.82, 2.24) is 10.3 Å². The van der Waals surface area contributed by atoms with Crippen LogP contribution in [-0.2, 0) is 16.0 Å². The van der Waals surface area contributed by atoms with Crippen LogP contribution < -0.4 is 10.6 Å². The summed E-state index contributed by atoms with van der Waals surface area (Å²) < 4.78 is 0. The lowest BCUT2D eigenvalue weighted by Crippen LogP contribution is -2.30. The summed E-state index contributed by atoms with van der Waals surface area (Å²) >= 11 is 0. The van der Waals surface area contributed by atoms with Gasteiger partial charge in [-0.2, -0.15) is 0 Å². The molecule has 0 saturated carbocycles. The number of hydrogen-bond acceptors (Lipinski definition) is 2. The van der Waals surface area contributed by atoms with Crippen LogP contribution in [0.2, 0.25) is 0 Å². The number of para-hydroxylation sites is 1. The van der Waals surface area contributed by atoms with Gasteiger partial charge in [0.25, 0.3) is 0 Å². The van der Waals surface area contributed by atoms with Crippen molar-refractivity contribution in [2.24, 2.45) is 0 Å². The fourth-order valence-electron chi connectivity index (χ4n) is 2.84. The van der Waals surface area contributed by atoms with Crippen LogP contribution in [-0.4, -0.2) is 23.3 Å². The molecule has 1 aromatic heterocycles. The van der Waals surface area contributed by atoms with Crippen LogP contribution in [0.15, 0.2) is 42.6 Å². The maximum atomic E-state index is 12.1. The maximum absolute atomic E-state index is 12.1. The SMILES string of the molecule is O=C(CC1CC(=O)Nc2ccccc21)NCCc1ccc[nH]1. The average Bonchev–Trinajstić information content (AvgIpc) is 3.00. The Bertz CT molecular complexity index is 664. The van der Waals surface area contributed by atoms with Crippen molar-refractivity contribution in [2.75, 3.05) is 11.9 Å². The molecule has 1 aliphatic rings. The number of carbonyl (C=O) groups is 2. The third-order valence-corrected chi connectivity index (χ3v) is 3.92. The van der Waals surface area contributed by atoms with E-state index < -0.39 is 0 Å². The van der Waals surface area contributed by atoms with Gasteiger partial charge in [-0.1, -0.05) is 18.2 Å². The molecule has 0 saturated heterocycles. The van der Waals surface area contributed by atoms with Crippen LogP contribution in [0.4, 0.5) is 5.69 Å². The molecular formula is C17H19N3O2. The van der Waals surface area contributed by atoms with Gasteiger partial charge in [0, 0.05) is 49.3 Å². The van der Waals surface area contributed by atoms with Gasteiger partial charge in [-0.15, -0.1) is 0 Å². The van der Waals surface area contributed by atoms with Gasteiger partial charge < -0.3 is 15.6 Å². The molecule has 0 radical (unpaired) electrons. The zero-order valence-corrected chi connectivity index (χ0v) is 12.3. The molecule has 5 heteroatoms. The second-order valence-electron chi connectivity index (χ2n) is 5.54. The molecule has 0 fully saturated rings. The van der Waals surface area contributed by atoms with Crippen molar-refractivity contribution in [1.29, 1.82) is 0 Å². The van der Waals surface area contributed by atoms with Crippen molar-refractivity contribution < 1.29 is 9.59 Å². The number of rotatable bonds is 5. The molecule has 5 nitrogen and oxygen atoms in total. The quantitative estimate of drug-likeness (QED) is 0.791. The minimum atomic E-state index is -0.0459. The first kappa shape index (κ1) is 14.4. The molecule has 22 heavy (non-hydrogen) atoms. The Morgan fingerprint density at radius 3 is 2.91 bits per heavy atom.